The summed E-state index contributed by atoms with van der Waals surface area (Å²) in [5, 5.41) is 12.6. The Bertz CT molecular complexity index is 1500. The Balaban J connectivity index is 0.00000162. The number of nitrogens with zero attached hydrogens (tertiary/aromatic N) is 4. The van der Waals surface area contributed by atoms with Gasteiger partial charge in [-0.1, -0.05) is 23.7 Å². The van der Waals surface area contributed by atoms with E-state index >= 15 is 0 Å². The molecular weight excluding hydrogens is 523 g/mol. The van der Waals surface area contributed by atoms with Gasteiger partial charge in [0.15, 0.2) is 6.10 Å². The van der Waals surface area contributed by atoms with E-state index in [1.165, 1.54) is 35.1 Å². The number of aromatic nitrogens is 4. The lowest BCUT2D eigenvalue weighted by molar-refractivity contribution is -0.0517. The maximum absolute atomic E-state index is 14.2. The van der Waals surface area contributed by atoms with Crippen molar-refractivity contribution < 1.29 is 14.2 Å². The number of ether oxygens (including phenoxy) is 1. The standard InChI is InChI=1S/C21H18ClFN4O4S.2H2S/c1-25-16-14(20(29)26(2)21(25)30)15(10-4-3-5-11(23)6-10)27-7-12(8-28)31-18(17(16)27)19-24-13(22)9-32-19;;/h3-6,9,12,18,28H,7-8H2,1-2H3;2*1H2/t12-,18-;;/m0../s1. The number of benzene rings is 1. The van der Waals surface area contributed by atoms with Crippen molar-refractivity contribution in [2.24, 2.45) is 14.1 Å². The van der Waals surface area contributed by atoms with E-state index in [0.29, 0.717) is 27.5 Å². The molecule has 5 rings (SSSR count). The van der Waals surface area contributed by atoms with Crippen LogP contribution in [0, 0.1) is 5.82 Å². The Morgan fingerprint density at radius 2 is 2.00 bits per heavy atom. The van der Waals surface area contributed by atoms with Crippen LogP contribution in [-0.4, -0.2) is 36.5 Å². The topological polar surface area (TPSA) is 91.3 Å². The van der Waals surface area contributed by atoms with Gasteiger partial charge in [-0.3, -0.25) is 13.9 Å². The summed E-state index contributed by atoms with van der Waals surface area (Å²) >= 11 is 7.33. The number of fused-ring (bicyclic) bond motifs is 3. The second-order valence-corrected chi connectivity index (χ2v) is 8.89. The summed E-state index contributed by atoms with van der Waals surface area (Å²) in [6.07, 6.45) is -1.38. The van der Waals surface area contributed by atoms with Crippen LogP contribution in [0.15, 0.2) is 39.2 Å². The molecule has 182 valence electrons. The maximum atomic E-state index is 14.2. The number of hydrogen-bond donors (Lipinski definition) is 1. The Hall–Kier alpha value is -2.09. The van der Waals surface area contributed by atoms with Crippen molar-refractivity contribution in [1.82, 2.24) is 18.7 Å². The summed E-state index contributed by atoms with van der Waals surface area (Å²) in [6, 6.07) is 5.92. The minimum absolute atomic E-state index is 0. The molecule has 1 N–H and O–H groups in total. The molecular formula is C21H22ClFN4O4S3. The fourth-order valence-electron chi connectivity index (χ4n) is 4.30. The molecule has 0 amide bonds. The number of thiazole rings is 1. The molecule has 0 radical (unpaired) electrons. The quantitative estimate of drug-likeness (QED) is 0.428. The first-order valence-electron chi connectivity index (χ1n) is 9.77. The summed E-state index contributed by atoms with van der Waals surface area (Å²) in [5.74, 6) is -0.457. The van der Waals surface area contributed by atoms with E-state index in [2.05, 4.69) is 4.98 Å². The first kappa shape index (κ1) is 26.5. The van der Waals surface area contributed by atoms with Gasteiger partial charge in [0.05, 0.1) is 41.5 Å². The lowest BCUT2D eigenvalue weighted by Crippen LogP contribution is -2.37. The molecule has 3 aromatic heterocycles. The van der Waals surface area contributed by atoms with Gasteiger partial charge < -0.3 is 14.4 Å². The predicted octanol–water partition coefficient (Wildman–Crippen LogP) is 2.66. The summed E-state index contributed by atoms with van der Waals surface area (Å²) in [5.41, 5.74) is 0.853. The number of rotatable bonds is 3. The summed E-state index contributed by atoms with van der Waals surface area (Å²) in [7, 11) is 2.98. The molecule has 1 aliphatic heterocycles. The van der Waals surface area contributed by atoms with E-state index < -0.39 is 29.3 Å². The molecule has 1 aromatic carbocycles. The van der Waals surface area contributed by atoms with E-state index in [0.717, 1.165) is 4.57 Å². The average Bonchev–Trinajstić information content (AvgIpc) is 3.37. The van der Waals surface area contributed by atoms with Crippen molar-refractivity contribution in [3.05, 3.63) is 72.2 Å². The Kier molecular flexibility index (Phi) is 7.70. The Labute approximate surface area is 216 Å². The van der Waals surface area contributed by atoms with Gasteiger partial charge >= 0.3 is 5.69 Å². The molecule has 2 atom stereocenters. The molecule has 0 saturated carbocycles. The first-order valence-corrected chi connectivity index (χ1v) is 11.0. The van der Waals surface area contributed by atoms with Crippen LogP contribution < -0.4 is 11.2 Å². The molecule has 1 aliphatic rings. The molecule has 34 heavy (non-hydrogen) atoms. The molecule has 4 aromatic rings. The number of hydrogen-bond acceptors (Lipinski definition) is 6. The van der Waals surface area contributed by atoms with Crippen LogP contribution in [-0.2, 0) is 25.4 Å². The minimum Gasteiger partial charge on any atom is -0.394 e. The van der Waals surface area contributed by atoms with Crippen LogP contribution in [0.1, 0.15) is 16.8 Å². The normalized spacial score (nSPS) is 17.2. The van der Waals surface area contributed by atoms with E-state index in [9.17, 15) is 19.1 Å². The zero-order chi connectivity index (χ0) is 22.7. The van der Waals surface area contributed by atoms with Crippen LogP contribution in [0.2, 0.25) is 5.15 Å². The third kappa shape index (κ3) is 4.01. The van der Waals surface area contributed by atoms with Crippen LogP contribution in [0.3, 0.4) is 0 Å². The van der Waals surface area contributed by atoms with Crippen LogP contribution in [0.25, 0.3) is 22.2 Å². The highest BCUT2D eigenvalue weighted by molar-refractivity contribution is 7.59. The summed E-state index contributed by atoms with van der Waals surface area (Å²) < 4.78 is 24.5. The lowest BCUT2D eigenvalue weighted by Gasteiger charge is -2.31. The fourth-order valence-corrected chi connectivity index (χ4v) is 5.29. The third-order valence-corrected chi connectivity index (χ3v) is 6.90. The van der Waals surface area contributed by atoms with Crippen molar-refractivity contribution in [3.63, 3.8) is 0 Å². The number of aryl methyl sites for hydroxylation is 1. The van der Waals surface area contributed by atoms with Gasteiger partial charge in [-0.2, -0.15) is 27.0 Å². The second kappa shape index (κ2) is 9.88. The molecule has 0 spiro atoms. The van der Waals surface area contributed by atoms with Gasteiger partial charge in [0.1, 0.15) is 16.0 Å². The third-order valence-electron chi connectivity index (χ3n) is 5.69. The van der Waals surface area contributed by atoms with Crippen molar-refractivity contribution in [1.29, 1.82) is 0 Å². The second-order valence-electron chi connectivity index (χ2n) is 7.61. The van der Waals surface area contributed by atoms with Crippen molar-refractivity contribution in [2.45, 2.75) is 18.8 Å². The summed E-state index contributed by atoms with van der Waals surface area (Å²) in [4.78, 5) is 30.4. The predicted molar refractivity (Wildman–Crippen MR) is 140 cm³/mol. The molecule has 0 saturated heterocycles. The van der Waals surface area contributed by atoms with Crippen LogP contribution in [0.5, 0.6) is 0 Å². The monoisotopic (exact) mass is 544 g/mol. The molecule has 13 heteroatoms. The van der Waals surface area contributed by atoms with Gasteiger partial charge in [-0.25, -0.2) is 14.2 Å². The van der Waals surface area contributed by atoms with E-state index in [4.69, 9.17) is 16.3 Å². The number of aliphatic hydroxyl groups excluding tert-OH is 1. The van der Waals surface area contributed by atoms with E-state index in [-0.39, 0.29) is 50.7 Å². The first-order chi connectivity index (χ1) is 15.3. The molecule has 0 bridgehead atoms. The number of halogens is 2. The Morgan fingerprint density at radius 3 is 2.62 bits per heavy atom. The highest BCUT2D eigenvalue weighted by atomic mass is 35.5. The van der Waals surface area contributed by atoms with Crippen molar-refractivity contribution >= 4 is 60.8 Å². The van der Waals surface area contributed by atoms with E-state index in [1.54, 1.807) is 24.6 Å². The van der Waals surface area contributed by atoms with Gasteiger partial charge in [-0.15, -0.1) is 11.3 Å². The van der Waals surface area contributed by atoms with Gasteiger partial charge in [0.2, 0.25) is 0 Å². The molecule has 8 nitrogen and oxygen atoms in total. The van der Waals surface area contributed by atoms with Gasteiger partial charge in [0.25, 0.3) is 5.56 Å². The average molecular weight is 545 g/mol. The number of aliphatic hydroxyl groups is 1. The molecule has 0 fully saturated rings. The van der Waals surface area contributed by atoms with Crippen LogP contribution >= 0.6 is 49.9 Å². The fraction of sp³-hybridized carbons (Fsp3) is 0.286. The van der Waals surface area contributed by atoms with Crippen LogP contribution in [0.4, 0.5) is 4.39 Å². The zero-order valence-corrected chi connectivity index (χ0v) is 21.7. The summed E-state index contributed by atoms with van der Waals surface area (Å²) in [6.45, 7) is -0.0670. The van der Waals surface area contributed by atoms with Crippen molar-refractivity contribution in [3.8, 4) is 11.3 Å². The largest absolute Gasteiger partial charge is 0.394 e. The maximum Gasteiger partial charge on any atom is 0.331 e. The van der Waals surface area contributed by atoms with Gasteiger partial charge in [0, 0.05) is 25.0 Å². The minimum atomic E-state index is -0.777. The SMILES string of the molecule is Cn1c(=O)c2c(-c3cccc(F)c3)n3c(c2n(C)c1=O)[C@@H](c1nc(Cl)cs1)O[C@H](CO)C3.S.S. The molecule has 0 aliphatic carbocycles. The zero-order valence-electron chi connectivity index (χ0n) is 18.1. The van der Waals surface area contributed by atoms with Crippen molar-refractivity contribution in [2.75, 3.05) is 6.61 Å². The lowest BCUT2D eigenvalue weighted by atomic mass is 10.1. The molecule has 4 heterocycles. The smallest absolute Gasteiger partial charge is 0.331 e. The molecule has 0 unspecified atom stereocenters. The highest BCUT2D eigenvalue weighted by Crippen LogP contribution is 2.42. The van der Waals surface area contributed by atoms with E-state index in [1.807, 2.05) is 4.57 Å². The van der Waals surface area contributed by atoms with Gasteiger partial charge in [-0.05, 0) is 12.1 Å². The Morgan fingerprint density at radius 1 is 1.26 bits per heavy atom. The highest BCUT2D eigenvalue weighted by Gasteiger charge is 2.37.